The molecular formula is C7H10N2OS. The molecule has 0 bridgehead atoms. The highest BCUT2D eigenvalue weighted by Crippen LogP contribution is 2.19. The molecule has 1 heterocycles. The van der Waals surface area contributed by atoms with Crippen molar-refractivity contribution in [1.29, 1.82) is 0 Å². The van der Waals surface area contributed by atoms with Gasteiger partial charge < -0.3 is 9.69 Å². The molecule has 0 aromatic carbocycles. The van der Waals surface area contributed by atoms with Crippen LogP contribution >= 0.6 is 11.3 Å². The number of aldehydes is 1. The second-order valence-electron chi connectivity index (χ2n) is 2.37. The van der Waals surface area contributed by atoms with E-state index < -0.39 is 0 Å². The summed E-state index contributed by atoms with van der Waals surface area (Å²) in [5, 5.41) is 0.946. The lowest BCUT2D eigenvalue weighted by molar-refractivity contribution is -0.107. The third-order valence-corrected chi connectivity index (χ3v) is 2.40. The minimum atomic E-state index is 0.478. The molecule has 60 valence electrons. The number of rotatable bonds is 3. The number of carbonyl (C=O) groups is 1. The fourth-order valence-corrected chi connectivity index (χ4v) is 1.46. The molecule has 0 fully saturated rings. The van der Waals surface area contributed by atoms with Gasteiger partial charge in [0.25, 0.3) is 0 Å². The Kier molecular flexibility index (Phi) is 2.59. The van der Waals surface area contributed by atoms with Gasteiger partial charge in [-0.15, -0.1) is 11.3 Å². The predicted molar refractivity (Wildman–Crippen MR) is 46.2 cm³/mol. The van der Waals surface area contributed by atoms with Crippen LogP contribution in [0.4, 0.5) is 5.13 Å². The zero-order chi connectivity index (χ0) is 8.27. The minimum Gasteiger partial charge on any atom is -0.354 e. The molecule has 0 spiro atoms. The molecule has 1 aromatic heterocycles. The van der Waals surface area contributed by atoms with Crippen molar-refractivity contribution in [3.8, 4) is 0 Å². The smallest absolute Gasteiger partial charge is 0.184 e. The van der Waals surface area contributed by atoms with E-state index in [-0.39, 0.29) is 0 Å². The van der Waals surface area contributed by atoms with E-state index in [9.17, 15) is 4.79 Å². The highest BCUT2D eigenvalue weighted by atomic mass is 32.1. The molecule has 0 saturated carbocycles. The van der Waals surface area contributed by atoms with Crippen molar-refractivity contribution in [2.45, 2.75) is 6.42 Å². The summed E-state index contributed by atoms with van der Waals surface area (Å²) >= 11 is 1.55. The number of anilines is 1. The van der Waals surface area contributed by atoms with E-state index >= 15 is 0 Å². The van der Waals surface area contributed by atoms with Gasteiger partial charge in [0, 0.05) is 31.6 Å². The third kappa shape index (κ3) is 2.01. The molecule has 0 aliphatic rings. The number of nitrogens with zero attached hydrogens (tertiary/aromatic N) is 2. The van der Waals surface area contributed by atoms with E-state index in [1.165, 1.54) is 0 Å². The van der Waals surface area contributed by atoms with Gasteiger partial charge in [-0.2, -0.15) is 0 Å². The number of hydrogen-bond acceptors (Lipinski definition) is 4. The molecule has 1 aromatic rings. The molecule has 0 saturated heterocycles. The van der Waals surface area contributed by atoms with Crippen molar-refractivity contribution < 1.29 is 4.79 Å². The molecule has 0 unspecified atom stereocenters. The first kappa shape index (κ1) is 8.20. The Bertz CT molecular complexity index is 244. The van der Waals surface area contributed by atoms with Crippen molar-refractivity contribution in [2.75, 3.05) is 19.0 Å². The maximum Gasteiger partial charge on any atom is 0.184 e. The molecular weight excluding hydrogens is 160 g/mol. The first-order chi connectivity index (χ1) is 5.24. The Morgan fingerprint density at radius 2 is 2.45 bits per heavy atom. The van der Waals surface area contributed by atoms with Crippen molar-refractivity contribution >= 4 is 22.8 Å². The van der Waals surface area contributed by atoms with E-state index in [0.29, 0.717) is 6.42 Å². The molecule has 4 heteroatoms. The van der Waals surface area contributed by atoms with Gasteiger partial charge in [0.2, 0.25) is 0 Å². The van der Waals surface area contributed by atoms with Crippen LogP contribution in [0.3, 0.4) is 0 Å². The van der Waals surface area contributed by atoms with Crippen molar-refractivity contribution in [3.05, 3.63) is 11.1 Å². The number of carbonyl (C=O) groups excluding carboxylic acids is 1. The van der Waals surface area contributed by atoms with Gasteiger partial charge in [0.15, 0.2) is 5.13 Å². The lowest BCUT2D eigenvalue weighted by Crippen LogP contribution is -2.07. The summed E-state index contributed by atoms with van der Waals surface area (Å²) < 4.78 is 0. The first-order valence-electron chi connectivity index (χ1n) is 3.29. The van der Waals surface area contributed by atoms with Crippen LogP contribution in [0, 0.1) is 0 Å². The fraction of sp³-hybridized carbons (Fsp3) is 0.429. The topological polar surface area (TPSA) is 33.2 Å². The Morgan fingerprint density at radius 3 is 2.91 bits per heavy atom. The summed E-state index contributed by atoms with van der Waals surface area (Å²) in [6, 6.07) is 0. The van der Waals surface area contributed by atoms with Crippen LogP contribution in [0.25, 0.3) is 0 Å². The van der Waals surface area contributed by atoms with Gasteiger partial charge in [-0.1, -0.05) is 0 Å². The molecule has 0 aliphatic carbocycles. The van der Waals surface area contributed by atoms with E-state index in [0.717, 1.165) is 16.3 Å². The summed E-state index contributed by atoms with van der Waals surface area (Å²) in [6.07, 6.45) is 3.12. The molecule has 0 atom stereocenters. The standard InChI is InChI=1S/C7H10N2OS/c1-9(2)7-8-5-6(11-7)3-4-10/h4-5H,3H2,1-2H3. The predicted octanol–water partition coefficient (Wildman–Crippen LogP) is 0.951. The maximum atomic E-state index is 10.1. The summed E-state index contributed by atoms with van der Waals surface area (Å²) in [6.45, 7) is 0. The average Bonchev–Trinajstić information content (AvgIpc) is 2.37. The Morgan fingerprint density at radius 1 is 1.73 bits per heavy atom. The summed E-state index contributed by atoms with van der Waals surface area (Å²) in [5.41, 5.74) is 0. The normalized spacial score (nSPS) is 9.64. The zero-order valence-corrected chi connectivity index (χ0v) is 7.39. The van der Waals surface area contributed by atoms with E-state index in [1.54, 1.807) is 17.5 Å². The van der Waals surface area contributed by atoms with Crippen LogP contribution in [-0.2, 0) is 11.2 Å². The Balaban J connectivity index is 2.73. The van der Waals surface area contributed by atoms with E-state index in [1.807, 2.05) is 19.0 Å². The van der Waals surface area contributed by atoms with Gasteiger partial charge in [-0.05, 0) is 0 Å². The monoisotopic (exact) mass is 170 g/mol. The fourth-order valence-electron chi connectivity index (χ4n) is 0.680. The molecule has 0 radical (unpaired) electrons. The van der Waals surface area contributed by atoms with Crippen LogP contribution in [0.5, 0.6) is 0 Å². The van der Waals surface area contributed by atoms with E-state index in [4.69, 9.17) is 0 Å². The summed E-state index contributed by atoms with van der Waals surface area (Å²) in [7, 11) is 3.87. The third-order valence-electron chi connectivity index (χ3n) is 1.21. The van der Waals surface area contributed by atoms with Gasteiger partial charge in [0.1, 0.15) is 6.29 Å². The van der Waals surface area contributed by atoms with Crippen LogP contribution in [-0.4, -0.2) is 25.4 Å². The molecule has 3 nitrogen and oxygen atoms in total. The van der Waals surface area contributed by atoms with Crippen molar-refractivity contribution in [2.24, 2.45) is 0 Å². The second-order valence-corrected chi connectivity index (χ2v) is 3.47. The maximum absolute atomic E-state index is 10.1. The second kappa shape index (κ2) is 3.48. The minimum absolute atomic E-state index is 0.478. The van der Waals surface area contributed by atoms with Gasteiger partial charge >= 0.3 is 0 Å². The lowest BCUT2D eigenvalue weighted by atomic mass is 10.4. The van der Waals surface area contributed by atoms with Gasteiger partial charge in [-0.25, -0.2) is 4.98 Å². The van der Waals surface area contributed by atoms with Crippen LogP contribution < -0.4 is 4.90 Å². The first-order valence-corrected chi connectivity index (χ1v) is 4.11. The number of aromatic nitrogens is 1. The van der Waals surface area contributed by atoms with Crippen LogP contribution in [0.2, 0.25) is 0 Å². The molecule has 0 N–H and O–H groups in total. The average molecular weight is 170 g/mol. The van der Waals surface area contributed by atoms with E-state index in [2.05, 4.69) is 4.98 Å². The summed E-state index contributed by atoms with van der Waals surface area (Å²) in [4.78, 5) is 17.2. The largest absolute Gasteiger partial charge is 0.354 e. The number of thiazole rings is 1. The Hall–Kier alpha value is -0.900. The van der Waals surface area contributed by atoms with Gasteiger partial charge in [0.05, 0.1) is 0 Å². The lowest BCUT2D eigenvalue weighted by Gasteiger charge is -2.04. The summed E-state index contributed by atoms with van der Waals surface area (Å²) in [5.74, 6) is 0. The molecule has 1 rings (SSSR count). The SMILES string of the molecule is CN(C)c1ncc(CC=O)s1. The molecule has 0 amide bonds. The zero-order valence-electron chi connectivity index (χ0n) is 6.57. The van der Waals surface area contributed by atoms with Gasteiger partial charge in [-0.3, -0.25) is 0 Å². The van der Waals surface area contributed by atoms with Crippen LogP contribution in [0.1, 0.15) is 4.88 Å². The van der Waals surface area contributed by atoms with Crippen molar-refractivity contribution in [3.63, 3.8) is 0 Å². The quantitative estimate of drug-likeness (QED) is 0.633. The Labute approximate surface area is 69.7 Å². The number of hydrogen-bond donors (Lipinski definition) is 0. The molecule has 11 heavy (non-hydrogen) atoms. The highest BCUT2D eigenvalue weighted by Gasteiger charge is 2.01. The molecule has 0 aliphatic heterocycles. The highest BCUT2D eigenvalue weighted by molar-refractivity contribution is 7.15. The van der Waals surface area contributed by atoms with Crippen molar-refractivity contribution in [1.82, 2.24) is 4.98 Å². The van der Waals surface area contributed by atoms with Crippen LogP contribution in [0.15, 0.2) is 6.20 Å².